The fourth-order valence-corrected chi connectivity index (χ4v) is 3.91. The molecule has 0 aliphatic carbocycles. The molecule has 0 bridgehead atoms. The molecule has 0 spiro atoms. The Morgan fingerprint density at radius 2 is 1.93 bits per heavy atom. The second kappa shape index (κ2) is 7.84. The van der Waals surface area contributed by atoms with Gasteiger partial charge in [-0.1, -0.05) is 6.07 Å². The average Bonchev–Trinajstić information content (AvgIpc) is 3.19. The van der Waals surface area contributed by atoms with Crippen LogP contribution in [0.4, 0.5) is 15.8 Å². The maximum absolute atomic E-state index is 14.2. The molecule has 8 nitrogen and oxygen atoms in total. The number of non-ortho nitro benzene ring substituents is 1. The SMILES string of the molecule is COc1cc(-c2cc3nccc(Oc4ccc([N+](=O)[O-])cc4F)c3s2)ccc1N=O. The number of nitro groups is 1. The van der Waals surface area contributed by atoms with Gasteiger partial charge in [0, 0.05) is 23.2 Å². The summed E-state index contributed by atoms with van der Waals surface area (Å²) in [6, 6.07) is 11.6. The van der Waals surface area contributed by atoms with Gasteiger partial charge in [-0.3, -0.25) is 15.1 Å². The fraction of sp³-hybridized carbons (Fsp3) is 0.0500. The number of aromatic nitrogens is 1. The van der Waals surface area contributed by atoms with Crippen molar-refractivity contribution in [3.63, 3.8) is 0 Å². The van der Waals surface area contributed by atoms with Gasteiger partial charge in [0.25, 0.3) is 5.69 Å². The summed E-state index contributed by atoms with van der Waals surface area (Å²) in [5, 5.41) is 13.7. The van der Waals surface area contributed by atoms with Crippen LogP contribution in [-0.4, -0.2) is 17.0 Å². The zero-order valence-corrected chi connectivity index (χ0v) is 16.2. The molecule has 0 N–H and O–H groups in total. The normalized spacial score (nSPS) is 10.7. The van der Waals surface area contributed by atoms with Crippen LogP contribution < -0.4 is 9.47 Å². The molecule has 0 aliphatic rings. The average molecular weight is 425 g/mol. The predicted molar refractivity (Wildman–Crippen MR) is 110 cm³/mol. The molecular formula is C20H12FN3O5S. The Hall–Kier alpha value is -3.92. The third kappa shape index (κ3) is 3.55. The molecule has 0 unspecified atom stereocenters. The number of fused-ring (bicyclic) bond motifs is 1. The summed E-state index contributed by atoms with van der Waals surface area (Å²) in [7, 11) is 1.45. The molecular weight excluding hydrogens is 413 g/mol. The summed E-state index contributed by atoms with van der Waals surface area (Å²) in [5.74, 6) is -0.266. The lowest BCUT2D eigenvalue weighted by molar-refractivity contribution is -0.385. The molecule has 0 radical (unpaired) electrons. The Bertz CT molecular complexity index is 1290. The Morgan fingerprint density at radius 1 is 1.10 bits per heavy atom. The maximum Gasteiger partial charge on any atom is 0.272 e. The van der Waals surface area contributed by atoms with E-state index in [0.717, 1.165) is 16.5 Å². The molecule has 0 aliphatic heterocycles. The first-order valence-electron chi connectivity index (χ1n) is 8.52. The van der Waals surface area contributed by atoms with Gasteiger partial charge in [-0.05, 0) is 35.0 Å². The number of methoxy groups -OCH3 is 1. The lowest BCUT2D eigenvalue weighted by atomic mass is 10.1. The monoisotopic (exact) mass is 425 g/mol. The number of halogens is 1. The Balaban J connectivity index is 1.73. The van der Waals surface area contributed by atoms with Crippen LogP contribution in [0, 0.1) is 20.8 Å². The van der Waals surface area contributed by atoms with Crippen molar-refractivity contribution in [2.75, 3.05) is 7.11 Å². The van der Waals surface area contributed by atoms with Gasteiger partial charge in [0.2, 0.25) is 0 Å². The van der Waals surface area contributed by atoms with Crippen LogP contribution in [-0.2, 0) is 0 Å². The number of nitrogens with zero attached hydrogens (tertiary/aromatic N) is 3. The summed E-state index contributed by atoms with van der Waals surface area (Å²) in [4.78, 5) is 26.1. The van der Waals surface area contributed by atoms with Gasteiger partial charge in [0.15, 0.2) is 11.6 Å². The van der Waals surface area contributed by atoms with Crippen LogP contribution >= 0.6 is 11.3 Å². The first-order chi connectivity index (χ1) is 14.5. The number of pyridine rings is 1. The highest BCUT2D eigenvalue weighted by atomic mass is 32.1. The Morgan fingerprint density at radius 3 is 2.63 bits per heavy atom. The van der Waals surface area contributed by atoms with Crippen molar-refractivity contribution < 1.29 is 18.8 Å². The summed E-state index contributed by atoms with van der Waals surface area (Å²) in [5.41, 5.74) is 1.25. The zero-order valence-electron chi connectivity index (χ0n) is 15.4. The largest absolute Gasteiger partial charge is 0.494 e. The quantitative estimate of drug-likeness (QED) is 0.207. The number of thiophene rings is 1. The van der Waals surface area contributed by atoms with Crippen LogP contribution in [0.5, 0.6) is 17.2 Å². The summed E-state index contributed by atoms with van der Waals surface area (Å²) in [6.07, 6.45) is 1.53. The van der Waals surface area contributed by atoms with E-state index in [0.29, 0.717) is 21.7 Å². The molecule has 2 aromatic heterocycles. The maximum atomic E-state index is 14.2. The van der Waals surface area contributed by atoms with Crippen molar-refractivity contribution in [2.45, 2.75) is 0 Å². The zero-order chi connectivity index (χ0) is 21.3. The van der Waals surface area contributed by atoms with Gasteiger partial charge in [-0.2, -0.15) is 0 Å². The first kappa shape index (κ1) is 19.4. The first-order valence-corrected chi connectivity index (χ1v) is 9.34. The molecule has 4 aromatic rings. The van der Waals surface area contributed by atoms with Crippen LogP contribution in [0.1, 0.15) is 0 Å². The number of rotatable bonds is 6. The predicted octanol–water partition coefficient (Wildman–Crippen LogP) is 6.21. The van der Waals surface area contributed by atoms with E-state index in [-0.39, 0.29) is 17.1 Å². The van der Waals surface area contributed by atoms with Crippen molar-refractivity contribution in [3.8, 4) is 27.7 Å². The molecule has 0 amide bonds. The van der Waals surface area contributed by atoms with E-state index in [2.05, 4.69) is 10.2 Å². The molecule has 2 heterocycles. The van der Waals surface area contributed by atoms with Crippen LogP contribution in [0.3, 0.4) is 0 Å². The summed E-state index contributed by atoms with van der Waals surface area (Å²) < 4.78 is 25.8. The fourth-order valence-electron chi connectivity index (χ4n) is 2.85. The number of ether oxygens (including phenoxy) is 2. The molecule has 0 saturated heterocycles. The van der Waals surface area contributed by atoms with Crippen LogP contribution in [0.15, 0.2) is 59.9 Å². The number of nitroso groups, excluding NO2 is 1. The second-order valence-corrected chi connectivity index (χ2v) is 7.14. The molecule has 0 fully saturated rings. The topological polar surface area (TPSA) is 104 Å². The summed E-state index contributed by atoms with van der Waals surface area (Å²) in [6.45, 7) is 0. The van der Waals surface area contributed by atoms with Gasteiger partial charge in [-0.25, -0.2) is 4.39 Å². The molecule has 2 aromatic carbocycles. The minimum Gasteiger partial charge on any atom is -0.494 e. The standard InChI is InChI=1S/C20H12FN3O5S/c1-28-18-8-11(2-4-14(18)23-25)19-10-15-20(30-19)17(6-7-22-15)29-16-5-3-12(24(26)27)9-13(16)21/h2-10H,1H3. The minimum absolute atomic E-state index is 0.133. The number of nitro benzene ring substituents is 1. The van der Waals surface area contributed by atoms with Crippen molar-refractivity contribution in [1.82, 2.24) is 4.98 Å². The molecule has 4 rings (SSSR count). The molecule has 10 heteroatoms. The second-order valence-electron chi connectivity index (χ2n) is 6.09. The number of hydrogen-bond donors (Lipinski definition) is 0. The van der Waals surface area contributed by atoms with E-state index in [4.69, 9.17) is 9.47 Å². The highest BCUT2D eigenvalue weighted by Gasteiger charge is 2.16. The number of benzene rings is 2. The Kier molecular flexibility index (Phi) is 5.07. The van der Waals surface area contributed by atoms with E-state index >= 15 is 0 Å². The minimum atomic E-state index is -0.840. The highest BCUT2D eigenvalue weighted by Crippen LogP contribution is 2.41. The van der Waals surface area contributed by atoms with Crippen LogP contribution in [0.2, 0.25) is 0 Å². The molecule has 0 atom stereocenters. The van der Waals surface area contributed by atoms with Gasteiger partial charge < -0.3 is 9.47 Å². The Labute approximate surface area is 172 Å². The lowest BCUT2D eigenvalue weighted by Crippen LogP contribution is -1.92. The third-order valence-electron chi connectivity index (χ3n) is 4.28. The van der Waals surface area contributed by atoms with Crippen LogP contribution in [0.25, 0.3) is 20.7 Å². The third-order valence-corrected chi connectivity index (χ3v) is 5.47. The number of hydrogen-bond acceptors (Lipinski definition) is 8. The van der Waals surface area contributed by atoms with Gasteiger partial charge >= 0.3 is 0 Å². The molecule has 30 heavy (non-hydrogen) atoms. The van der Waals surface area contributed by atoms with Crippen molar-refractivity contribution in [1.29, 1.82) is 0 Å². The molecule has 150 valence electrons. The van der Waals surface area contributed by atoms with Gasteiger partial charge in [0.1, 0.15) is 17.2 Å². The molecule has 0 saturated carbocycles. The summed E-state index contributed by atoms with van der Waals surface area (Å²) >= 11 is 1.36. The van der Waals surface area contributed by atoms with E-state index in [1.54, 1.807) is 24.3 Å². The van der Waals surface area contributed by atoms with Crippen molar-refractivity contribution in [3.05, 3.63) is 75.6 Å². The van der Waals surface area contributed by atoms with Gasteiger partial charge in [-0.15, -0.1) is 16.2 Å². The highest BCUT2D eigenvalue weighted by molar-refractivity contribution is 7.22. The van der Waals surface area contributed by atoms with E-state index in [1.165, 1.54) is 36.8 Å². The van der Waals surface area contributed by atoms with E-state index in [1.807, 2.05) is 6.07 Å². The van der Waals surface area contributed by atoms with E-state index in [9.17, 15) is 19.4 Å². The van der Waals surface area contributed by atoms with Crippen molar-refractivity contribution in [2.24, 2.45) is 5.18 Å². The smallest absolute Gasteiger partial charge is 0.272 e. The van der Waals surface area contributed by atoms with Crippen molar-refractivity contribution >= 4 is 32.9 Å². The van der Waals surface area contributed by atoms with E-state index < -0.39 is 10.7 Å². The van der Waals surface area contributed by atoms with Gasteiger partial charge in [0.05, 0.1) is 28.3 Å². The lowest BCUT2D eigenvalue weighted by Gasteiger charge is -2.07.